The van der Waals surface area contributed by atoms with Gasteiger partial charge in [-0.25, -0.2) is 0 Å². The smallest absolute Gasteiger partial charge is 0.240 e. The summed E-state index contributed by atoms with van der Waals surface area (Å²) in [7, 11) is 0. The maximum Gasteiger partial charge on any atom is 0.240 e. The fraction of sp³-hybridized carbons (Fsp3) is 0.846. The van der Waals surface area contributed by atoms with Crippen molar-refractivity contribution >= 4 is 11.8 Å². The highest BCUT2D eigenvalue weighted by atomic mass is 16.2. The van der Waals surface area contributed by atoms with Gasteiger partial charge in [0.05, 0.1) is 0 Å². The second-order valence-electron chi connectivity index (χ2n) is 5.89. The van der Waals surface area contributed by atoms with Gasteiger partial charge in [0.1, 0.15) is 6.04 Å². The van der Waals surface area contributed by atoms with E-state index in [2.05, 4.69) is 19.2 Å². The standard InChI is InChI=1S/C13H27N3O2/c1-9(2)11(12(15)18)16-10(17)5-6-13(3,4)7-8-14/h9,11H,5-8,14H2,1-4H3,(H2,15,18)(H,16,17). The highest BCUT2D eigenvalue weighted by Gasteiger charge is 2.23. The summed E-state index contributed by atoms with van der Waals surface area (Å²) >= 11 is 0. The van der Waals surface area contributed by atoms with Crippen molar-refractivity contribution in [1.29, 1.82) is 0 Å². The van der Waals surface area contributed by atoms with Crippen molar-refractivity contribution in [3.63, 3.8) is 0 Å². The minimum absolute atomic E-state index is 0.00324. The van der Waals surface area contributed by atoms with E-state index in [1.165, 1.54) is 0 Å². The van der Waals surface area contributed by atoms with Gasteiger partial charge in [0.15, 0.2) is 0 Å². The second kappa shape index (κ2) is 7.36. The van der Waals surface area contributed by atoms with Crippen molar-refractivity contribution in [2.45, 2.75) is 53.0 Å². The summed E-state index contributed by atoms with van der Waals surface area (Å²) in [5, 5.41) is 2.69. The number of amides is 2. The molecule has 0 aliphatic heterocycles. The summed E-state index contributed by atoms with van der Waals surface area (Å²) in [6.45, 7) is 8.50. The Morgan fingerprint density at radius 1 is 1.22 bits per heavy atom. The predicted molar refractivity (Wildman–Crippen MR) is 72.6 cm³/mol. The fourth-order valence-corrected chi connectivity index (χ4v) is 1.78. The number of rotatable bonds is 8. The lowest BCUT2D eigenvalue weighted by Gasteiger charge is -2.24. The molecule has 0 fully saturated rings. The maximum absolute atomic E-state index is 11.8. The summed E-state index contributed by atoms with van der Waals surface area (Å²) < 4.78 is 0. The van der Waals surface area contributed by atoms with Gasteiger partial charge in [-0.3, -0.25) is 9.59 Å². The van der Waals surface area contributed by atoms with E-state index in [0.717, 1.165) is 12.8 Å². The monoisotopic (exact) mass is 257 g/mol. The third-order valence-electron chi connectivity index (χ3n) is 3.14. The zero-order chi connectivity index (χ0) is 14.3. The molecule has 0 aromatic carbocycles. The molecule has 0 heterocycles. The molecule has 0 aromatic heterocycles. The number of nitrogens with two attached hydrogens (primary N) is 2. The first-order chi connectivity index (χ1) is 8.19. The Bertz CT molecular complexity index is 288. The topological polar surface area (TPSA) is 98.2 Å². The number of nitrogens with one attached hydrogen (secondary N) is 1. The molecule has 0 aromatic rings. The number of primary amides is 1. The average molecular weight is 257 g/mol. The molecule has 0 spiro atoms. The lowest BCUT2D eigenvalue weighted by Crippen LogP contribution is -2.47. The Balaban J connectivity index is 4.22. The van der Waals surface area contributed by atoms with E-state index in [-0.39, 0.29) is 17.2 Å². The maximum atomic E-state index is 11.8. The molecule has 0 radical (unpaired) electrons. The number of carbonyl (C=O) groups is 2. The van der Waals surface area contributed by atoms with Crippen molar-refractivity contribution in [1.82, 2.24) is 5.32 Å². The first-order valence-electron chi connectivity index (χ1n) is 6.48. The molecule has 0 saturated carbocycles. The molecule has 1 unspecified atom stereocenters. The Hall–Kier alpha value is -1.10. The van der Waals surface area contributed by atoms with E-state index in [0.29, 0.717) is 13.0 Å². The highest BCUT2D eigenvalue weighted by molar-refractivity contribution is 5.86. The van der Waals surface area contributed by atoms with Crippen molar-refractivity contribution in [3.8, 4) is 0 Å². The summed E-state index contributed by atoms with van der Waals surface area (Å²) in [5.74, 6) is -0.610. The quantitative estimate of drug-likeness (QED) is 0.599. The minimum Gasteiger partial charge on any atom is -0.368 e. The van der Waals surface area contributed by atoms with Crippen molar-refractivity contribution in [2.75, 3.05) is 6.54 Å². The fourth-order valence-electron chi connectivity index (χ4n) is 1.78. The van der Waals surface area contributed by atoms with E-state index in [9.17, 15) is 9.59 Å². The molecule has 0 aliphatic rings. The SMILES string of the molecule is CC(C)C(NC(=O)CCC(C)(C)CCN)C(N)=O. The predicted octanol–water partition coefficient (Wildman–Crippen LogP) is 0.768. The van der Waals surface area contributed by atoms with Gasteiger partial charge in [-0.05, 0) is 30.7 Å². The van der Waals surface area contributed by atoms with Crippen LogP contribution < -0.4 is 16.8 Å². The van der Waals surface area contributed by atoms with Crippen LogP contribution in [0.4, 0.5) is 0 Å². The van der Waals surface area contributed by atoms with Gasteiger partial charge < -0.3 is 16.8 Å². The lowest BCUT2D eigenvalue weighted by molar-refractivity contribution is -0.128. The van der Waals surface area contributed by atoms with Crippen LogP contribution in [0, 0.1) is 11.3 Å². The average Bonchev–Trinajstić information content (AvgIpc) is 2.22. The molecule has 0 saturated heterocycles. The van der Waals surface area contributed by atoms with Crippen molar-refractivity contribution < 1.29 is 9.59 Å². The molecule has 0 rings (SSSR count). The van der Waals surface area contributed by atoms with Gasteiger partial charge in [-0.15, -0.1) is 0 Å². The first-order valence-corrected chi connectivity index (χ1v) is 6.48. The van der Waals surface area contributed by atoms with Crippen LogP contribution in [-0.4, -0.2) is 24.4 Å². The molecule has 5 nitrogen and oxygen atoms in total. The van der Waals surface area contributed by atoms with Crippen LogP contribution in [-0.2, 0) is 9.59 Å². The van der Waals surface area contributed by atoms with Gasteiger partial charge in [0.25, 0.3) is 0 Å². The molecular weight excluding hydrogens is 230 g/mol. The molecule has 1 atom stereocenters. The first kappa shape index (κ1) is 16.9. The Morgan fingerprint density at radius 3 is 2.17 bits per heavy atom. The molecule has 0 aliphatic carbocycles. The lowest BCUT2D eigenvalue weighted by atomic mass is 9.84. The van der Waals surface area contributed by atoms with Gasteiger partial charge in [-0.1, -0.05) is 27.7 Å². The summed E-state index contributed by atoms with van der Waals surface area (Å²) in [4.78, 5) is 22.9. The van der Waals surface area contributed by atoms with Crippen LogP contribution in [0.2, 0.25) is 0 Å². The van der Waals surface area contributed by atoms with E-state index in [4.69, 9.17) is 11.5 Å². The van der Waals surface area contributed by atoms with Gasteiger partial charge >= 0.3 is 0 Å². The highest BCUT2D eigenvalue weighted by Crippen LogP contribution is 2.25. The second-order valence-corrected chi connectivity index (χ2v) is 5.89. The summed E-state index contributed by atoms with van der Waals surface area (Å²) in [5.41, 5.74) is 10.8. The largest absolute Gasteiger partial charge is 0.368 e. The van der Waals surface area contributed by atoms with E-state index < -0.39 is 11.9 Å². The number of hydrogen-bond donors (Lipinski definition) is 3. The third-order valence-corrected chi connectivity index (χ3v) is 3.14. The third kappa shape index (κ3) is 6.59. The normalized spacial score (nSPS) is 13.4. The van der Waals surface area contributed by atoms with E-state index in [1.54, 1.807) is 0 Å². The number of carbonyl (C=O) groups excluding carboxylic acids is 2. The van der Waals surface area contributed by atoms with E-state index >= 15 is 0 Å². The van der Waals surface area contributed by atoms with Gasteiger partial charge in [0.2, 0.25) is 11.8 Å². The molecule has 0 bridgehead atoms. The molecule has 2 amide bonds. The molecule has 5 N–H and O–H groups in total. The van der Waals surface area contributed by atoms with E-state index in [1.807, 2.05) is 13.8 Å². The Kier molecular flexibility index (Phi) is 6.91. The van der Waals surface area contributed by atoms with Gasteiger partial charge in [0, 0.05) is 6.42 Å². The Morgan fingerprint density at radius 2 is 1.78 bits per heavy atom. The van der Waals surface area contributed by atoms with Crippen LogP contribution in [0.25, 0.3) is 0 Å². The summed E-state index contributed by atoms with van der Waals surface area (Å²) in [6, 6.07) is -0.588. The van der Waals surface area contributed by atoms with Crippen LogP contribution >= 0.6 is 0 Å². The van der Waals surface area contributed by atoms with Gasteiger partial charge in [-0.2, -0.15) is 0 Å². The van der Waals surface area contributed by atoms with Crippen LogP contribution in [0.15, 0.2) is 0 Å². The molecular formula is C13H27N3O2. The Labute approximate surface area is 110 Å². The van der Waals surface area contributed by atoms with Crippen LogP contribution in [0.5, 0.6) is 0 Å². The van der Waals surface area contributed by atoms with Crippen LogP contribution in [0.1, 0.15) is 47.0 Å². The van der Waals surface area contributed by atoms with Crippen LogP contribution in [0.3, 0.4) is 0 Å². The summed E-state index contributed by atoms with van der Waals surface area (Å²) in [6.07, 6.45) is 2.02. The number of hydrogen-bond acceptors (Lipinski definition) is 3. The molecule has 106 valence electrons. The molecule has 18 heavy (non-hydrogen) atoms. The minimum atomic E-state index is -0.588. The zero-order valence-electron chi connectivity index (χ0n) is 12.0. The molecule has 5 heteroatoms. The van der Waals surface area contributed by atoms with Crippen molar-refractivity contribution in [3.05, 3.63) is 0 Å². The van der Waals surface area contributed by atoms with Crippen molar-refractivity contribution in [2.24, 2.45) is 22.8 Å². The zero-order valence-corrected chi connectivity index (χ0v) is 12.0.